The normalized spacial score (nSPS) is 14.1. The van der Waals surface area contributed by atoms with Crippen molar-refractivity contribution in [2.45, 2.75) is 33.2 Å². The van der Waals surface area contributed by atoms with E-state index in [1.807, 2.05) is 34.9 Å². The Hall–Kier alpha value is -0.610. The molecule has 0 aromatic carbocycles. The lowest BCUT2D eigenvalue weighted by molar-refractivity contribution is -0.124. The van der Waals surface area contributed by atoms with E-state index in [9.17, 15) is 4.79 Å². The molecular weight excluding hydrogens is 190 g/mol. The predicted octanol–water partition coefficient (Wildman–Crippen LogP) is 0.428. The lowest BCUT2D eigenvalue weighted by Gasteiger charge is -2.25. The SMILES string of the molecule is CN(C)CCCNC(=O)[C@@H](N)C(C)(C)C. The van der Waals surface area contributed by atoms with Gasteiger partial charge in [-0.05, 0) is 32.5 Å². The summed E-state index contributed by atoms with van der Waals surface area (Å²) in [5, 5.41) is 2.85. The number of carbonyl (C=O) groups excluding carboxylic acids is 1. The van der Waals surface area contributed by atoms with Crippen LogP contribution in [0.2, 0.25) is 0 Å². The first-order chi connectivity index (χ1) is 6.75. The molecule has 0 bridgehead atoms. The van der Waals surface area contributed by atoms with Gasteiger partial charge < -0.3 is 16.0 Å². The molecule has 90 valence electrons. The Morgan fingerprint density at radius 1 is 1.40 bits per heavy atom. The summed E-state index contributed by atoms with van der Waals surface area (Å²) in [6.45, 7) is 7.58. The first-order valence-electron chi connectivity index (χ1n) is 5.43. The van der Waals surface area contributed by atoms with E-state index in [1.165, 1.54) is 0 Å². The molecule has 0 saturated heterocycles. The van der Waals surface area contributed by atoms with Crippen LogP contribution in [-0.2, 0) is 4.79 Å². The maximum atomic E-state index is 11.6. The molecule has 0 spiro atoms. The Labute approximate surface area is 93.2 Å². The Bertz CT molecular complexity index is 196. The Morgan fingerprint density at radius 2 is 1.93 bits per heavy atom. The van der Waals surface area contributed by atoms with Crippen LogP contribution in [0, 0.1) is 5.41 Å². The highest BCUT2D eigenvalue weighted by molar-refractivity contribution is 5.82. The molecule has 4 heteroatoms. The van der Waals surface area contributed by atoms with Gasteiger partial charge in [-0.3, -0.25) is 4.79 Å². The molecule has 0 rings (SSSR count). The minimum absolute atomic E-state index is 0.0544. The third-order valence-electron chi connectivity index (χ3n) is 2.30. The fourth-order valence-corrected chi connectivity index (χ4v) is 1.11. The van der Waals surface area contributed by atoms with E-state index < -0.39 is 6.04 Å². The average molecular weight is 215 g/mol. The van der Waals surface area contributed by atoms with Gasteiger partial charge in [0.15, 0.2) is 0 Å². The second-order valence-electron chi connectivity index (χ2n) is 5.29. The Morgan fingerprint density at radius 3 is 2.33 bits per heavy atom. The topological polar surface area (TPSA) is 58.4 Å². The minimum atomic E-state index is -0.433. The quantitative estimate of drug-likeness (QED) is 0.654. The van der Waals surface area contributed by atoms with Crippen molar-refractivity contribution in [1.29, 1.82) is 0 Å². The first kappa shape index (κ1) is 14.4. The Kier molecular flexibility index (Phi) is 5.83. The summed E-state index contributed by atoms with van der Waals surface area (Å²) >= 11 is 0. The molecule has 1 atom stereocenters. The molecular formula is C11H25N3O. The zero-order valence-corrected chi connectivity index (χ0v) is 10.6. The van der Waals surface area contributed by atoms with Crippen LogP contribution in [0.15, 0.2) is 0 Å². The van der Waals surface area contributed by atoms with Crippen molar-refractivity contribution in [2.24, 2.45) is 11.1 Å². The molecule has 0 aliphatic rings. The largest absolute Gasteiger partial charge is 0.355 e. The van der Waals surface area contributed by atoms with Gasteiger partial charge in [0.25, 0.3) is 0 Å². The average Bonchev–Trinajstić information content (AvgIpc) is 2.09. The van der Waals surface area contributed by atoms with Gasteiger partial charge in [-0.2, -0.15) is 0 Å². The molecule has 0 unspecified atom stereocenters. The van der Waals surface area contributed by atoms with Crippen molar-refractivity contribution in [3.05, 3.63) is 0 Å². The van der Waals surface area contributed by atoms with E-state index in [-0.39, 0.29) is 11.3 Å². The van der Waals surface area contributed by atoms with Gasteiger partial charge >= 0.3 is 0 Å². The Balaban J connectivity index is 3.75. The van der Waals surface area contributed by atoms with Crippen LogP contribution in [0.5, 0.6) is 0 Å². The second kappa shape index (κ2) is 6.08. The van der Waals surface area contributed by atoms with Crippen LogP contribution in [0.4, 0.5) is 0 Å². The van der Waals surface area contributed by atoms with E-state index in [0.717, 1.165) is 13.0 Å². The molecule has 0 aromatic heterocycles. The van der Waals surface area contributed by atoms with E-state index in [1.54, 1.807) is 0 Å². The first-order valence-corrected chi connectivity index (χ1v) is 5.43. The molecule has 0 radical (unpaired) electrons. The third-order valence-corrected chi connectivity index (χ3v) is 2.30. The van der Waals surface area contributed by atoms with E-state index in [4.69, 9.17) is 5.73 Å². The van der Waals surface area contributed by atoms with Gasteiger partial charge in [0, 0.05) is 6.54 Å². The molecule has 0 saturated carbocycles. The fourth-order valence-electron chi connectivity index (χ4n) is 1.11. The summed E-state index contributed by atoms with van der Waals surface area (Å²) in [7, 11) is 4.03. The molecule has 0 aliphatic carbocycles. The summed E-state index contributed by atoms with van der Waals surface area (Å²) < 4.78 is 0. The zero-order valence-electron chi connectivity index (χ0n) is 10.6. The summed E-state index contributed by atoms with van der Waals surface area (Å²) in [6, 6.07) is -0.433. The van der Waals surface area contributed by atoms with Crippen molar-refractivity contribution >= 4 is 5.91 Å². The maximum absolute atomic E-state index is 11.6. The second-order valence-corrected chi connectivity index (χ2v) is 5.29. The van der Waals surface area contributed by atoms with Crippen LogP contribution < -0.4 is 11.1 Å². The third kappa shape index (κ3) is 6.47. The molecule has 0 fully saturated rings. The van der Waals surface area contributed by atoms with Crippen molar-refractivity contribution in [1.82, 2.24) is 10.2 Å². The molecule has 1 amide bonds. The number of nitrogens with two attached hydrogens (primary N) is 1. The van der Waals surface area contributed by atoms with Crippen molar-refractivity contribution in [3.63, 3.8) is 0 Å². The molecule has 0 aromatic rings. The smallest absolute Gasteiger partial charge is 0.237 e. The standard InChI is InChI=1S/C11H25N3O/c1-11(2,3)9(12)10(15)13-7-6-8-14(4)5/h9H,6-8,12H2,1-5H3,(H,13,15)/t9-/m1/s1. The number of nitrogens with one attached hydrogen (secondary N) is 1. The highest BCUT2D eigenvalue weighted by Gasteiger charge is 2.26. The number of rotatable bonds is 5. The van der Waals surface area contributed by atoms with Gasteiger partial charge in [-0.1, -0.05) is 20.8 Å². The molecule has 4 nitrogen and oxygen atoms in total. The van der Waals surface area contributed by atoms with Crippen LogP contribution >= 0.6 is 0 Å². The maximum Gasteiger partial charge on any atom is 0.237 e. The predicted molar refractivity (Wildman–Crippen MR) is 63.6 cm³/mol. The van der Waals surface area contributed by atoms with Crippen molar-refractivity contribution in [3.8, 4) is 0 Å². The lowest BCUT2D eigenvalue weighted by atomic mass is 9.87. The van der Waals surface area contributed by atoms with Gasteiger partial charge in [-0.15, -0.1) is 0 Å². The highest BCUT2D eigenvalue weighted by atomic mass is 16.2. The number of hydrogen-bond donors (Lipinski definition) is 2. The van der Waals surface area contributed by atoms with Gasteiger partial charge in [-0.25, -0.2) is 0 Å². The number of amides is 1. The summed E-state index contributed by atoms with van der Waals surface area (Å²) in [5.74, 6) is -0.0544. The van der Waals surface area contributed by atoms with Crippen LogP contribution in [0.25, 0.3) is 0 Å². The number of nitrogens with zero attached hydrogens (tertiary/aromatic N) is 1. The summed E-state index contributed by atoms with van der Waals surface area (Å²) in [5.41, 5.74) is 5.64. The number of carbonyl (C=O) groups is 1. The van der Waals surface area contributed by atoms with Crippen LogP contribution in [0.1, 0.15) is 27.2 Å². The van der Waals surface area contributed by atoms with E-state index >= 15 is 0 Å². The summed E-state index contributed by atoms with van der Waals surface area (Å²) in [6.07, 6.45) is 0.954. The molecule has 15 heavy (non-hydrogen) atoms. The van der Waals surface area contributed by atoms with Gasteiger partial charge in [0.05, 0.1) is 6.04 Å². The summed E-state index contributed by atoms with van der Waals surface area (Å²) in [4.78, 5) is 13.7. The minimum Gasteiger partial charge on any atom is -0.355 e. The van der Waals surface area contributed by atoms with Crippen molar-refractivity contribution in [2.75, 3.05) is 27.2 Å². The highest BCUT2D eigenvalue weighted by Crippen LogP contribution is 2.16. The monoisotopic (exact) mass is 215 g/mol. The van der Waals surface area contributed by atoms with Gasteiger partial charge in [0.1, 0.15) is 0 Å². The zero-order chi connectivity index (χ0) is 12.1. The van der Waals surface area contributed by atoms with Gasteiger partial charge in [0.2, 0.25) is 5.91 Å². The van der Waals surface area contributed by atoms with Crippen molar-refractivity contribution < 1.29 is 4.79 Å². The van der Waals surface area contributed by atoms with Crippen LogP contribution in [-0.4, -0.2) is 44.0 Å². The molecule has 0 heterocycles. The van der Waals surface area contributed by atoms with E-state index in [0.29, 0.717) is 6.54 Å². The fraction of sp³-hybridized carbons (Fsp3) is 0.909. The number of hydrogen-bond acceptors (Lipinski definition) is 3. The molecule has 3 N–H and O–H groups in total. The lowest BCUT2D eigenvalue weighted by Crippen LogP contribution is -2.48. The molecule has 0 aliphatic heterocycles. The van der Waals surface area contributed by atoms with E-state index in [2.05, 4.69) is 10.2 Å². The van der Waals surface area contributed by atoms with Crippen LogP contribution in [0.3, 0.4) is 0 Å².